The van der Waals surface area contributed by atoms with Crippen molar-refractivity contribution in [1.29, 1.82) is 0 Å². The molecule has 0 radical (unpaired) electrons. The zero-order valence-corrected chi connectivity index (χ0v) is 16.9. The lowest BCUT2D eigenvalue weighted by atomic mass is 10.1. The molecule has 1 amide bonds. The number of amides is 1. The number of piperazine rings is 1. The third-order valence-electron chi connectivity index (χ3n) is 5.19. The van der Waals surface area contributed by atoms with E-state index in [1.165, 1.54) is 0 Å². The number of aryl methyl sites for hydroxylation is 2. The molecule has 0 atom stereocenters. The molecule has 0 aliphatic carbocycles. The van der Waals surface area contributed by atoms with E-state index in [-0.39, 0.29) is 11.7 Å². The molecule has 0 saturated carbocycles. The van der Waals surface area contributed by atoms with Crippen LogP contribution < -0.4 is 9.64 Å². The van der Waals surface area contributed by atoms with Crippen molar-refractivity contribution in [2.45, 2.75) is 27.2 Å². The SMILES string of the molecule is CC(=O)c1ccc(N2CCN(C(=O)CCOc3cc(C)ccc3C)CC2)cc1. The van der Waals surface area contributed by atoms with Crippen LogP contribution in [-0.2, 0) is 4.79 Å². The molecule has 0 N–H and O–H groups in total. The number of carbonyl (C=O) groups is 2. The average molecular weight is 380 g/mol. The molecular weight excluding hydrogens is 352 g/mol. The number of Topliss-reactive ketones (excluding diaryl/α,β-unsaturated/α-hetero) is 1. The second-order valence-electron chi connectivity index (χ2n) is 7.34. The van der Waals surface area contributed by atoms with E-state index in [4.69, 9.17) is 4.74 Å². The van der Waals surface area contributed by atoms with Crippen molar-refractivity contribution in [3.8, 4) is 5.75 Å². The van der Waals surface area contributed by atoms with Crippen molar-refractivity contribution in [2.24, 2.45) is 0 Å². The number of hydrogen-bond donors (Lipinski definition) is 0. The molecule has 3 rings (SSSR count). The summed E-state index contributed by atoms with van der Waals surface area (Å²) in [5.41, 5.74) is 4.05. The molecule has 1 fully saturated rings. The number of rotatable bonds is 6. The third-order valence-corrected chi connectivity index (χ3v) is 5.19. The number of ketones is 1. The first kappa shape index (κ1) is 19.9. The smallest absolute Gasteiger partial charge is 0.226 e. The van der Waals surface area contributed by atoms with E-state index >= 15 is 0 Å². The average Bonchev–Trinajstić information content (AvgIpc) is 2.70. The number of hydrogen-bond acceptors (Lipinski definition) is 4. The van der Waals surface area contributed by atoms with Gasteiger partial charge in [0.15, 0.2) is 5.78 Å². The minimum atomic E-state index is 0.0741. The standard InChI is InChI=1S/C23H28N2O3/c1-17-4-5-18(2)22(16-17)28-15-10-23(27)25-13-11-24(12-14-25)21-8-6-20(7-9-21)19(3)26/h4-9,16H,10-15H2,1-3H3. The first-order chi connectivity index (χ1) is 13.4. The van der Waals surface area contributed by atoms with Gasteiger partial charge in [0, 0.05) is 37.4 Å². The van der Waals surface area contributed by atoms with Crippen molar-refractivity contribution in [3.05, 3.63) is 59.2 Å². The second kappa shape index (κ2) is 8.91. The molecule has 0 unspecified atom stereocenters. The molecule has 0 spiro atoms. The number of benzene rings is 2. The van der Waals surface area contributed by atoms with Crippen LogP contribution in [-0.4, -0.2) is 49.4 Å². The molecule has 0 aromatic heterocycles. The van der Waals surface area contributed by atoms with Crippen molar-refractivity contribution >= 4 is 17.4 Å². The lowest BCUT2D eigenvalue weighted by Crippen LogP contribution is -2.49. The second-order valence-corrected chi connectivity index (χ2v) is 7.34. The van der Waals surface area contributed by atoms with Crippen molar-refractivity contribution in [1.82, 2.24) is 4.90 Å². The summed E-state index contributed by atoms with van der Waals surface area (Å²) in [4.78, 5) is 28.0. The minimum Gasteiger partial charge on any atom is -0.493 e. The molecule has 5 heteroatoms. The zero-order chi connectivity index (χ0) is 20.1. The quantitative estimate of drug-likeness (QED) is 0.718. The fourth-order valence-electron chi connectivity index (χ4n) is 3.39. The van der Waals surface area contributed by atoms with E-state index in [0.717, 1.165) is 41.2 Å². The summed E-state index contributed by atoms with van der Waals surface area (Å²) in [6, 6.07) is 13.8. The Morgan fingerprint density at radius 1 is 0.964 bits per heavy atom. The Kier molecular flexibility index (Phi) is 6.34. The van der Waals surface area contributed by atoms with Gasteiger partial charge in [-0.05, 0) is 62.2 Å². The van der Waals surface area contributed by atoms with Crippen LogP contribution in [0.3, 0.4) is 0 Å². The van der Waals surface area contributed by atoms with Crippen molar-refractivity contribution in [2.75, 3.05) is 37.7 Å². The molecule has 0 bridgehead atoms. The first-order valence-electron chi connectivity index (χ1n) is 9.78. The Morgan fingerprint density at radius 2 is 1.64 bits per heavy atom. The maximum absolute atomic E-state index is 12.5. The molecule has 1 aliphatic rings. The van der Waals surface area contributed by atoms with Gasteiger partial charge in [-0.1, -0.05) is 12.1 Å². The lowest BCUT2D eigenvalue weighted by molar-refractivity contribution is -0.132. The summed E-state index contributed by atoms with van der Waals surface area (Å²) in [7, 11) is 0. The largest absolute Gasteiger partial charge is 0.493 e. The monoisotopic (exact) mass is 380 g/mol. The van der Waals surface area contributed by atoms with Crippen LogP contribution in [0.1, 0.15) is 34.8 Å². The van der Waals surface area contributed by atoms with Crippen LogP contribution in [0.4, 0.5) is 5.69 Å². The van der Waals surface area contributed by atoms with Gasteiger partial charge in [0.05, 0.1) is 13.0 Å². The summed E-state index contributed by atoms with van der Waals surface area (Å²) in [5.74, 6) is 1.06. The van der Waals surface area contributed by atoms with Crippen LogP contribution in [0, 0.1) is 13.8 Å². The Bertz CT molecular complexity index is 837. The van der Waals surface area contributed by atoms with Gasteiger partial charge in [0.2, 0.25) is 5.91 Å². The van der Waals surface area contributed by atoms with Crippen molar-refractivity contribution in [3.63, 3.8) is 0 Å². The van der Waals surface area contributed by atoms with Gasteiger partial charge in [-0.3, -0.25) is 9.59 Å². The van der Waals surface area contributed by atoms with Crippen LogP contribution in [0.5, 0.6) is 5.75 Å². The van der Waals surface area contributed by atoms with Crippen LogP contribution in [0.2, 0.25) is 0 Å². The molecule has 1 aliphatic heterocycles. The molecule has 1 heterocycles. The van der Waals surface area contributed by atoms with Gasteiger partial charge in [0.25, 0.3) is 0 Å². The summed E-state index contributed by atoms with van der Waals surface area (Å²) in [5, 5.41) is 0. The Hall–Kier alpha value is -2.82. The van der Waals surface area contributed by atoms with Gasteiger partial charge in [0.1, 0.15) is 5.75 Å². The molecule has 28 heavy (non-hydrogen) atoms. The number of carbonyl (C=O) groups excluding carboxylic acids is 2. The predicted molar refractivity (Wildman–Crippen MR) is 111 cm³/mol. The van der Waals surface area contributed by atoms with Gasteiger partial charge in [-0.2, -0.15) is 0 Å². The molecule has 1 saturated heterocycles. The lowest BCUT2D eigenvalue weighted by Gasteiger charge is -2.36. The highest BCUT2D eigenvalue weighted by Crippen LogP contribution is 2.20. The number of ether oxygens (including phenoxy) is 1. The Labute approximate surface area is 166 Å². The van der Waals surface area contributed by atoms with E-state index < -0.39 is 0 Å². The highest BCUT2D eigenvalue weighted by Gasteiger charge is 2.21. The highest BCUT2D eigenvalue weighted by atomic mass is 16.5. The molecule has 2 aromatic rings. The molecular formula is C23H28N2O3. The predicted octanol–water partition coefficient (Wildman–Crippen LogP) is 3.62. The summed E-state index contributed by atoms with van der Waals surface area (Å²) in [6.07, 6.45) is 0.390. The van der Waals surface area contributed by atoms with E-state index in [0.29, 0.717) is 26.1 Å². The minimum absolute atomic E-state index is 0.0741. The van der Waals surface area contributed by atoms with Gasteiger partial charge in [-0.15, -0.1) is 0 Å². The highest BCUT2D eigenvalue weighted by molar-refractivity contribution is 5.94. The van der Waals surface area contributed by atoms with E-state index in [9.17, 15) is 9.59 Å². The number of anilines is 1. The van der Waals surface area contributed by atoms with Crippen LogP contribution in [0.25, 0.3) is 0 Å². The maximum atomic E-state index is 12.5. The Balaban J connectivity index is 1.45. The van der Waals surface area contributed by atoms with Gasteiger partial charge >= 0.3 is 0 Å². The van der Waals surface area contributed by atoms with Gasteiger partial charge in [-0.25, -0.2) is 0 Å². The first-order valence-corrected chi connectivity index (χ1v) is 9.78. The maximum Gasteiger partial charge on any atom is 0.226 e. The summed E-state index contributed by atoms with van der Waals surface area (Å²) >= 11 is 0. The third kappa shape index (κ3) is 4.91. The van der Waals surface area contributed by atoms with Gasteiger partial charge < -0.3 is 14.5 Å². The summed E-state index contributed by atoms with van der Waals surface area (Å²) < 4.78 is 5.81. The van der Waals surface area contributed by atoms with Crippen LogP contribution >= 0.6 is 0 Å². The molecule has 2 aromatic carbocycles. The van der Waals surface area contributed by atoms with E-state index in [1.807, 2.05) is 55.1 Å². The number of nitrogens with zero attached hydrogens (tertiary/aromatic N) is 2. The fraction of sp³-hybridized carbons (Fsp3) is 0.391. The van der Waals surface area contributed by atoms with Crippen molar-refractivity contribution < 1.29 is 14.3 Å². The zero-order valence-electron chi connectivity index (χ0n) is 16.9. The van der Waals surface area contributed by atoms with E-state index in [1.54, 1.807) is 6.92 Å². The normalized spacial score (nSPS) is 14.1. The fourth-order valence-corrected chi connectivity index (χ4v) is 3.39. The van der Waals surface area contributed by atoms with Crippen LogP contribution in [0.15, 0.2) is 42.5 Å². The topological polar surface area (TPSA) is 49.9 Å². The van der Waals surface area contributed by atoms with E-state index in [2.05, 4.69) is 11.0 Å². The molecule has 5 nitrogen and oxygen atoms in total. The molecule has 148 valence electrons. The Morgan fingerprint density at radius 3 is 2.29 bits per heavy atom. The summed E-state index contributed by atoms with van der Waals surface area (Å²) in [6.45, 7) is 9.02.